The maximum Gasteiger partial charge on any atom is 0.163 e. The van der Waals surface area contributed by atoms with Crippen molar-refractivity contribution in [2.75, 3.05) is 0 Å². The molecule has 0 N–H and O–H groups in total. The lowest BCUT2D eigenvalue weighted by atomic mass is 10.1. The van der Waals surface area contributed by atoms with E-state index in [1.165, 1.54) is 5.56 Å². The zero-order chi connectivity index (χ0) is 15.1. The molecular formula is C17H12BrN3S. The monoisotopic (exact) mass is 369 g/mol. The van der Waals surface area contributed by atoms with Crippen LogP contribution in [0.5, 0.6) is 0 Å². The molecule has 0 aliphatic heterocycles. The Labute approximate surface area is 140 Å². The molecule has 5 heteroatoms. The summed E-state index contributed by atoms with van der Waals surface area (Å²) in [6.07, 6.45) is 1.85. The Morgan fingerprint density at radius 1 is 1.05 bits per heavy atom. The highest BCUT2D eigenvalue weighted by Crippen LogP contribution is 2.31. The molecule has 108 valence electrons. The van der Waals surface area contributed by atoms with Gasteiger partial charge in [0.15, 0.2) is 5.65 Å². The van der Waals surface area contributed by atoms with E-state index in [0.717, 1.165) is 32.6 Å². The Morgan fingerprint density at radius 3 is 2.59 bits per heavy atom. The summed E-state index contributed by atoms with van der Waals surface area (Å²) >= 11 is 5.16. The van der Waals surface area contributed by atoms with Crippen LogP contribution in [0, 0.1) is 6.92 Å². The van der Waals surface area contributed by atoms with E-state index in [-0.39, 0.29) is 0 Å². The van der Waals surface area contributed by atoms with E-state index in [2.05, 4.69) is 49.9 Å². The first-order valence-electron chi connectivity index (χ1n) is 6.87. The first-order valence-corrected chi connectivity index (χ1v) is 8.60. The van der Waals surface area contributed by atoms with E-state index in [4.69, 9.17) is 5.10 Å². The number of benzene rings is 1. The van der Waals surface area contributed by atoms with Crippen LogP contribution >= 0.6 is 27.3 Å². The lowest BCUT2D eigenvalue weighted by Crippen LogP contribution is -1.94. The minimum absolute atomic E-state index is 0.892. The van der Waals surface area contributed by atoms with Crippen LogP contribution < -0.4 is 0 Å². The van der Waals surface area contributed by atoms with Gasteiger partial charge in [0, 0.05) is 27.2 Å². The predicted molar refractivity (Wildman–Crippen MR) is 94.2 cm³/mol. The summed E-state index contributed by atoms with van der Waals surface area (Å²) in [5, 5.41) is 8.92. The van der Waals surface area contributed by atoms with Gasteiger partial charge in [-0.05, 0) is 42.1 Å². The molecule has 0 saturated carbocycles. The van der Waals surface area contributed by atoms with E-state index in [1.54, 1.807) is 11.3 Å². The van der Waals surface area contributed by atoms with Crippen LogP contribution in [0.25, 0.3) is 28.0 Å². The molecule has 1 aromatic carbocycles. The van der Waals surface area contributed by atoms with Gasteiger partial charge in [-0.2, -0.15) is 16.4 Å². The summed E-state index contributed by atoms with van der Waals surface area (Å²) < 4.78 is 3.01. The average molecular weight is 370 g/mol. The number of hydrogen-bond acceptors (Lipinski definition) is 3. The number of hydrogen-bond donors (Lipinski definition) is 0. The molecule has 3 aromatic heterocycles. The number of aryl methyl sites for hydroxylation is 1. The van der Waals surface area contributed by atoms with Gasteiger partial charge in [-0.15, -0.1) is 0 Å². The predicted octanol–water partition coefficient (Wildman–Crippen LogP) is 5.20. The summed E-state index contributed by atoms with van der Waals surface area (Å²) in [7, 11) is 0. The van der Waals surface area contributed by atoms with Gasteiger partial charge in [0.1, 0.15) is 0 Å². The maximum atomic E-state index is 4.71. The van der Waals surface area contributed by atoms with Gasteiger partial charge < -0.3 is 0 Å². The zero-order valence-electron chi connectivity index (χ0n) is 11.8. The summed E-state index contributed by atoms with van der Waals surface area (Å²) in [6, 6.07) is 12.4. The molecule has 4 aromatic rings. The molecule has 0 atom stereocenters. The smallest absolute Gasteiger partial charge is 0.163 e. The lowest BCUT2D eigenvalue weighted by molar-refractivity contribution is 0.925. The van der Waals surface area contributed by atoms with Crippen molar-refractivity contribution in [1.29, 1.82) is 0 Å². The SMILES string of the molecule is Cc1nn2c(-c3ccsc3)ccnc2c1-c1ccc(Br)cc1. The van der Waals surface area contributed by atoms with Crippen LogP contribution in [0.15, 0.2) is 57.8 Å². The highest BCUT2D eigenvalue weighted by atomic mass is 79.9. The van der Waals surface area contributed by atoms with Crippen molar-refractivity contribution in [1.82, 2.24) is 14.6 Å². The standard InChI is InChI=1S/C17H12BrN3S/c1-11-16(12-2-4-14(18)5-3-12)17-19-8-6-15(21(17)20-11)13-7-9-22-10-13/h2-10H,1H3. The van der Waals surface area contributed by atoms with Crippen molar-refractivity contribution < 1.29 is 0 Å². The molecule has 4 rings (SSSR count). The normalized spacial score (nSPS) is 11.2. The Bertz CT molecular complexity index is 940. The van der Waals surface area contributed by atoms with E-state index >= 15 is 0 Å². The fourth-order valence-corrected chi connectivity index (χ4v) is 3.55. The molecule has 0 aliphatic carbocycles. The molecule has 0 amide bonds. The fourth-order valence-electron chi connectivity index (χ4n) is 2.63. The van der Waals surface area contributed by atoms with E-state index in [1.807, 2.05) is 35.8 Å². The molecule has 22 heavy (non-hydrogen) atoms. The van der Waals surface area contributed by atoms with Crippen LogP contribution in [0.1, 0.15) is 5.69 Å². The third kappa shape index (κ3) is 2.17. The highest BCUT2D eigenvalue weighted by molar-refractivity contribution is 9.10. The minimum Gasteiger partial charge on any atom is -0.236 e. The number of thiophene rings is 1. The van der Waals surface area contributed by atoms with Gasteiger partial charge >= 0.3 is 0 Å². The van der Waals surface area contributed by atoms with E-state index in [0.29, 0.717) is 0 Å². The highest BCUT2D eigenvalue weighted by Gasteiger charge is 2.15. The van der Waals surface area contributed by atoms with Crippen molar-refractivity contribution in [2.45, 2.75) is 6.92 Å². The summed E-state index contributed by atoms with van der Waals surface area (Å²) in [4.78, 5) is 4.56. The van der Waals surface area contributed by atoms with Gasteiger partial charge in [-0.25, -0.2) is 9.50 Å². The number of fused-ring (bicyclic) bond motifs is 1. The second kappa shape index (κ2) is 5.34. The third-order valence-electron chi connectivity index (χ3n) is 3.64. The lowest BCUT2D eigenvalue weighted by Gasteiger charge is -2.03. The minimum atomic E-state index is 0.892. The maximum absolute atomic E-state index is 4.71. The number of aromatic nitrogens is 3. The molecule has 0 saturated heterocycles. The van der Waals surface area contributed by atoms with Crippen molar-refractivity contribution in [3.05, 3.63) is 63.5 Å². The van der Waals surface area contributed by atoms with E-state index in [9.17, 15) is 0 Å². The molecule has 0 radical (unpaired) electrons. The molecule has 3 heterocycles. The number of nitrogens with zero attached hydrogens (tertiary/aromatic N) is 3. The zero-order valence-corrected chi connectivity index (χ0v) is 14.2. The van der Waals surface area contributed by atoms with Crippen molar-refractivity contribution in [2.24, 2.45) is 0 Å². The van der Waals surface area contributed by atoms with Crippen LogP contribution in [0.3, 0.4) is 0 Å². The van der Waals surface area contributed by atoms with E-state index < -0.39 is 0 Å². The topological polar surface area (TPSA) is 30.2 Å². The number of rotatable bonds is 2. The fraction of sp³-hybridized carbons (Fsp3) is 0.0588. The quantitative estimate of drug-likeness (QED) is 0.486. The average Bonchev–Trinajstić information content (AvgIpc) is 3.15. The van der Waals surface area contributed by atoms with Crippen molar-refractivity contribution >= 4 is 32.9 Å². The van der Waals surface area contributed by atoms with Crippen LogP contribution in [-0.2, 0) is 0 Å². The second-order valence-electron chi connectivity index (χ2n) is 5.04. The molecule has 3 nitrogen and oxygen atoms in total. The Balaban J connectivity index is 1.99. The summed E-state index contributed by atoms with van der Waals surface area (Å²) in [5.74, 6) is 0. The third-order valence-corrected chi connectivity index (χ3v) is 4.86. The largest absolute Gasteiger partial charge is 0.236 e. The second-order valence-corrected chi connectivity index (χ2v) is 6.74. The van der Waals surface area contributed by atoms with Crippen molar-refractivity contribution in [3.8, 4) is 22.4 Å². The molecule has 0 bridgehead atoms. The van der Waals surface area contributed by atoms with Crippen molar-refractivity contribution in [3.63, 3.8) is 0 Å². The Hall–Kier alpha value is -1.98. The van der Waals surface area contributed by atoms with Crippen LogP contribution in [0.4, 0.5) is 0 Å². The Morgan fingerprint density at radius 2 is 1.86 bits per heavy atom. The molecule has 0 fully saturated rings. The van der Waals surface area contributed by atoms with Gasteiger partial charge in [0.05, 0.1) is 11.4 Å². The van der Waals surface area contributed by atoms with Crippen LogP contribution in [0.2, 0.25) is 0 Å². The van der Waals surface area contributed by atoms with Gasteiger partial charge in [-0.1, -0.05) is 28.1 Å². The van der Waals surface area contributed by atoms with Gasteiger partial charge in [0.2, 0.25) is 0 Å². The van der Waals surface area contributed by atoms with Crippen LogP contribution in [-0.4, -0.2) is 14.6 Å². The molecule has 0 unspecified atom stereocenters. The summed E-state index contributed by atoms with van der Waals surface area (Å²) in [6.45, 7) is 2.03. The molecule has 0 spiro atoms. The Kier molecular flexibility index (Phi) is 3.32. The first-order chi connectivity index (χ1) is 10.7. The summed E-state index contributed by atoms with van der Waals surface area (Å²) in [5.41, 5.74) is 6.33. The van der Waals surface area contributed by atoms with Gasteiger partial charge in [-0.3, -0.25) is 0 Å². The van der Waals surface area contributed by atoms with Gasteiger partial charge in [0.25, 0.3) is 0 Å². The number of halogens is 1. The molecule has 0 aliphatic rings. The molecular weight excluding hydrogens is 358 g/mol. The first kappa shape index (κ1) is 13.7.